The second kappa shape index (κ2) is 8.45. The van der Waals surface area contributed by atoms with Crippen molar-refractivity contribution in [1.29, 1.82) is 10.5 Å². The third kappa shape index (κ3) is 4.02. The Labute approximate surface area is 168 Å². The molecule has 2 atom stereocenters. The third-order valence-electron chi connectivity index (χ3n) is 5.08. The average molecular weight is 395 g/mol. The number of rotatable bonds is 4. The van der Waals surface area contributed by atoms with Gasteiger partial charge in [-0.2, -0.15) is 10.5 Å². The van der Waals surface area contributed by atoms with Crippen LogP contribution in [-0.4, -0.2) is 28.5 Å². The van der Waals surface area contributed by atoms with Gasteiger partial charge in [-0.3, -0.25) is 9.59 Å². The van der Waals surface area contributed by atoms with E-state index < -0.39 is 5.78 Å². The molecule has 8 heteroatoms. The van der Waals surface area contributed by atoms with Crippen molar-refractivity contribution in [2.24, 2.45) is 5.92 Å². The first-order valence-corrected chi connectivity index (χ1v) is 10.2. The maximum atomic E-state index is 12.7. The van der Waals surface area contributed by atoms with Crippen LogP contribution in [-0.2, 0) is 9.59 Å². The van der Waals surface area contributed by atoms with E-state index in [1.165, 1.54) is 0 Å². The van der Waals surface area contributed by atoms with E-state index in [1.807, 2.05) is 26.0 Å². The van der Waals surface area contributed by atoms with Gasteiger partial charge in [0.15, 0.2) is 5.78 Å². The van der Waals surface area contributed by atoms with Crippen molar-refractivity contribution in [2.75, 3.05) is 5.75 Å². The summed E-state index contributed by atoms with van der Waals surface area (Å²) in [5.74, 6) is -0.485. The Kier molecular flexibility index (Phi) is 6.01. The van der Waals surface area contributed by atoms with Crippen LogP contribution >= 0.6 is 11.8 Å². The summed E-state index contributed by atoms with van der Waals surface area (Å²) in [6, 6.07) is 5.83. The molecule has 0 bridgehead atoms. The Balaban J connectivity index is 1.78. The molecular weight excluding hydrogens is 374 g/mol. The summed E-state index contributed by atoms with van der Waals surface area (Å²) < 4.78 is 0. The van der Waals surface area contributed by atoms with Crippen molar-refractivity contribution < 1.29 is 9.59 Å². The van der Waals surface area contributed by atoms with E-state index in [4.69, 9.17) is 0 Å². The maximum Gasteiger partial charge on any atom is 0.230 e. The molecule has 2 fully saturated rings. The maximum absolute atomic E-state index is 12.7. The number of carbonyl (C=O) groups excluding carboxylic acids is 2. The van der Waals surface area contributed by atoms with Gasteiger partial charge in [-0.05, 0) is 38.3 Å². The summed E-state index contributed by atoms with van der Waals surface area (Å²) in [5.41, 5.74) is 1.90. The van der Waals surface area contributed by atoms with Crippen LogP contribution in [0.1, 0.15) is 42.5 Å². The van der Waals surface area contributed by atoms with Gasteiger partial charge in [-0.15, -0.1) is 0 Å². The first-order chi connectivity index (χ1) is 13.4. The van der Waals surface area contributed by atoms with Crippen molar-refractivity contribution in [1.82, 2.24) is 15.6 Å². The Morgan fingerprint density at radius 3 is 2.79 bits per heavy atom. The Hall–Kier alpha value is -2.84. The highest BCUT2D eigenvalue weighted by atomic mass is 32.2. The van der Waals surface area contributed by atoms with Gasteiger partial charge in [0.05, 0.1) is 17.2 Å². The minimum Gasteiger partial charge on any atom is -0.367 e. The molecule has 0 spiro atoms. The number of Topliss-reactive ketones (excluding diaryl/α,β-unsaturated/α-hetero) is 1. The van der Waals surface area contributed by atoms with Crippen LogP contribution in [0.15, 0.2) is 22.5 Å². The van der Waals surface area contributed by atoms with Gasteiger partial charge in [0.1, 0.15) is 28.6 Å². The molecule has 1 saturated carbocycles. The minimum atomic E-state index is -0.408. The van der Waals surface area contributed by atoms with Gasteiger partial charge in [-0.25, -0.2) is 4.98 Å². The van der Waals surface area contributed by atoms with E-state index in [0.29, 0.717) is 10.6 Å². The summed E-state index contributed by atoms with van der Waals surface area (Å²) in [4.78, 5) is 29.4. The number of ketones is 1. The molecule has 7 nitrogen and oxygen atoms in total. The predicted molar refractivity (Wildman–Crippen MR) is 104 cm³/mol. The highest BCUT2D eigenvalue weighted by molar-refractivity contribution is 8.00. The molecule has 1 aliphatic carbocycles. The standard InChI is InChI=1S/C20H21N5O2S/c1-11-7-12(2)23-20(14(11)8-21)28-10-17(26)15(9-22)18-24-16-6-4-3-5-13(16)19(27)25-18/h7,13,16,24H,3-6,10H2,1-2H3,(H,25,27)/b18-15+. The summed E-state index contributed by atoms with van der Waals surface area (Å²) in [6.07, 6.45) is 3.70. The van der Waals surface area contributed by atoms with E-state index in [2.05, 4.69) is 21.7 Å². The van der Waals surface area contributed by atoms with Gasteiger partial charge >= 0.3 is 0 Å². The Bertz CT molecular complexity index is 941. The Morgan fingerprint density at radius 2 is 2.07 bits per heavy atom. The average Bonchev–Trinajstić information content (AvgIpc) is 2.66. The molecule has 144 valence electrons. The number of fused-ring (bicyclic) bond motifs is 1. The van der Waals surface area contributed by atoms with Crippen molar-refractivity contribution in [2.45, 2.75) is 50.6 Å². The first-order valence-electron chi connectivity index (χ1n) is 9.20. The topological polar surface area (TPSA) is 119 Å². The number of carbonyl (C=O) groups is 2. The summed E-state index contributed by atoms with van der Waals surface area (Å²) in [7, 11) is 0. The molecule has 1 saturated heterocycles. The molecule has 1 aliphatic heterocycles. The fraction of sp³-hybridized carbons (Fsp3) is 0.450. The Morgan fingerprint density at radius 1 is 1.32 bits per heavy atom. The molecular formula is C20H21N5O2S. The van der Waals surface area contributed by atoms with E-state index >= 15 is 0 Å². The van der Waals surface area contributed by atoms with Crippen molar-refractivity contribution >= 4 is 23.5 Å². The zero-order valence-corrected chi connectivity index (χ0v) is 16.7. The molecule has 2 unspecified atom stereocenters. The smallest absolute Gasteiger partial charge is 0.230 e. The van der Waals surface area contributed by atoms with Gasteiger partial charge in [0.2, 0.25) is 5.91 Å². The molecule has 3 rings (SSSR count). The highest BCUT2D eigenvalue weighted by Gasteiger charge is 2.37. The van der Waals surface area contributed by atoms with E-state index in [-0.39, 0.29) is 35.0 Å². The van der Waals surface area contributed by atoms with E-state index in [1.54, 1.807) is 0 Å². The largest absolute Gasteiger partial charge is 0.367 e. The lowest BCUT2D eigenvalue weighted by Gasteiger charge is -2.37. The van der Waals surface area contributed by atoms with Crippen LogP contribution in [0.3, 0.4) is 0 Å². The number of aromatic nitrogens is 1. The second-order valence-electron chi connectivity index (χ2n) is 7.08. The molecule has 1 aromatic rings. The number of hydrogen-bond acceptors (Lipinski definition) is 7. The number of nitrogens with zero attached hydrogens (tertiary/aromatic N) is 3. The molecule has 2 aliphatic rings. The molecule has 2 N–H and O–H groups in total. The van der Waals surface area contributed by atoms with Crippen LogP contribution < -0.4 is 10.6 Å². The van der Waals surface area contributed by atoms with Gasteiger partial charge < -0.3 is 10.6 Å². The SMILES string of the molecule is Cc1cc(C)c(C#N)c(SCC(=O)/C(C#N)=C2/NC(=O)C3CCCCC3N2)n1. The molecule has 1 aromatic heterocycles. The van der Waals surface area contributed by atoms with E-state index in [9.17, 15) is 20.1 Å². The minimum absolute atomic E-state index is 0.0346. The third-order valence-corrected chi connectivity index (χ3v) is 6.06. The fourth-order valence-electron chi connectivity index (χ4n) is 3.70. The van der Waals surface area contributed by atoms with Crippen molar-refractivity contribution in [3.63, 3.8) is 0 Å². The van der Waals surface area contributed by atoms with Gasteiger partial charge in [0.25, 0.3) is 0 Å². The lowest BCUT2D eigenvalue weighted by Crippen LogP contribution is -2.55. The highest BCUT2D eigenvalue weighted by Crippen LogP contribution is 2.29. The van der Waals surface area contributed by atoms with Gasteiger partial charge in [-0.1, -0.05) is 24.6 Å². The summed E-state index contributed by atoms with van der Waals surface area (Å²) >= 11 is 1.13. The molecule has 0 radical (unpaired) electrons. The number of allylic oxidation sites excluding steroid dienone is 1. The lowest BCUT2D eigenvalue weighted by molar-refractivity contribution is -0.127. The van der Waals surface area contributed by atoms with Crippen LogP contribution in [0, 0.1) is 42.4 Å². The lowest BCUT2D eigenvalue weighted by atomic mass is 9.82. The number of nitrogens with one attached hydrogen (secondary N) is 2. The second-order valence-corrected chi connectivity index (χ2v) is 8.04. The first kappa shape index (κ1) is 19.9. The summed E-state index contributed by atoms with van der Waals surface area (Å²) in [5, 5.41) is 25.2. The number of nitriles is 2. The van der Waals surface area contributed by atoms with Crippen LogP contribution in [0.4, 0.5) is 0 Å². The number of amides is 1. The number of aryl methyl sites for hydroxylation is 2. The molecule has 1 amide bonds. The zero-order chi connectivity index (χ0) is 20.3. The fourth-order valence-corrected chi connectivity index (χ4v) is 4.67. The zero-order valence-electron chi connectivity index (χ0n) is 15.8. The normalized spacial score (nSPS) is 22.8. The number of thioether (sulfide) groups is 1. The number of hydrogen-bond donors (Lipinski definition) is 2. The van der Waals surface area contributed by atoms with Crippen molar-refractivity contribution in [3.05, 3.63) is 34.3 Å². The van der Waals surface area contributed by atoms with Crippen LogP contribution in [0.2, 0.25) is 0 Å². The quantitative estimate of drug-likeness (QED) is 0.456. The number of pyridine rings is 1. The summed E-state index contributed by atoms with van der Waals surface area (Å²) in [6.45, 7) is 3.65. The van der Waals surface area contributed by atoms with Crippen molar-refractivity contribution in [3.8, 4) is 12.1 Å². The monoisotopic (exact) mass is 395 g/mol. The molecule has 2 heterocycles. The predicted octanol–water partition coefficient (Wildman–Crippen LogP) is 2.24. The van der Waals surface area contributed by atoms with Gasteiger partial charge in [0, 0.05) is 11.7 Å². The van der Waals surface area contributed by atoms with Crippen LogP contribution in [0.5, 0.6) is 0 Å². The molecule has 28 heavy (non-hydrogen) atoms. The van der Waals surface area contributed by atoms with E-state index in [0.717, 1.165) is 48.7 Å². The van der Waals surface area contributed by atoms with Crippen LogP contribution in [0.25, 0.3) is 0 Å². The molecule has 0 aromatic carbocycles.